The smallest absolute Gasteiger partial charge is 0.319 e. The molecule has 1 saturated heterocycles. The van der Waals surface area contributed by atoms with Crippen LogP contribution in [0.4, 0.5) is 4.79 Å². The zero-order chi connectivity index (χ0) is 11.9. The Kier molecular flexibility index (Phi) is 2.50. The molecular formula is C11H14N2O2S. The van der Waals surface area contributed by atoms with Gasteiger partial charge < -0.3 is 5.32 Å². The summed E-state index contributed by atoms with van der Waals surface area (Å²) in [5, 5.41) is 4.66. The lowest BCUT2D eigenvalue weighted by atomic mass is 10.0. The summed E-state index contributed by atoms with van der Waals surface area (Å²) in [6.07, 6.45) is 0. The molecule has 1 atom stereocenters. The maximum Gasteiger partial charge on any atom is 0.325 e. The van der Waals surface area contributed by atoms with Crippen molar-refractivity contribution in [2.75, 3.05) is 0 Å². The van der Waals surface area contributed by atoms with Gasteiger partial charge in [-0.15, -0.1) is 11.3 Å². The van der Waals surface area contributed by atoms with Crippen LogP contribution in [0.5, 0.6) is 0 Å². The summed E-state index contributed by atoms with van der Waals surface area (Å²) in [6, 6.07) is 3.32. The number of imide groups is 1. The van der Waals surface area contributed by atoms with Crippen LogP contribution in [0.3, 0.4) is 0 Å². The van der Waals surface area contributed by atoms with Crippen molar-refractivity contribution in [3.05, 3.63) is 22.4 Å². The van der Waals surface area contributed by atoms with E-state index in [0.717, 1.165) is 4.88 Å². The minimum Gasteiger partial charge on any atom is -0.319 e. The summed E-state index contributed by atoms with van der Waals surface area (Å²) < 4.78 is 0. The van der Waals surface area contributed by atoms with Gasteiger partial charge in [0.15, 0.2) is 5.54 Å². The maximum absolute atomic E-state index is 12.2. The summed E-state index contributed by atoms with van der Waals surface area (Å²) >= 11 is 1.48. The highest BCUT2D eigenvalue weighted by molar-refractivity contribution is 7.10. The van der Waals surface area contributed by atoms with Crippen molar-refractivity contribution in [2.24, 2.45) is 0 Å². The van der Waals surface area contributed by atoms with Crippen molar-refractivity contribution in [2.45, 2.75) is 32.4 Å². The molecule has 5 heteroatoms. The SMILES string of the molecule is CC(C)N1C(=O)NC(C)(c2cccs2)C1=O. The number of amides is 3. The van der Waals surface area contributed by atoms with Crippen LogP contribution in [-0.2, 0) is 10.3 Å². The fourth-order valence-electron chi connectivity index (χ4n) is 1.86. The third kappa shape index (κ3) is 1.43. The third-order valence-corrected chi connectivity index (χ3v) is 3.84. The average Bonchev–Trinajstić information content (AvgIpc) is 2.75. The lowest BCUT2D eigenvalue weighted by Crippen LogP contribution is -2.41. The molecule has 1 aliphatic rings. The van der Waals surface area contributed by atoms with Crippen LogP contribution < -0.4 is 5.32 Å². The molecule has 0 aliphatic carbocycles. The van der Waals surface area contributed by atoms with E-state index in [4.69, 9.17) is 0 Å². The van der Waals surface area contributed by atoms with E-state index in [2.05, 4.69) is 5.32 Å². The number of rotatable bonds is 2. The standard InChI is InChI=1S/C11H14N2O2S/c1-7(2)13-9(14)11(3,12-10(13)15)8-5-4-6-16-8/h4-7H,1-3H3,(H,12,15). The molecule has 0 spiro atoms. The molecule has 3 amide bonds. The van der Waals surface area contributed by atoms with Crippen LogP contribution in [0.25, 0.3) is 0 Å². The predicted molar refractivity (Wildman–Crippen MR) is 62.2 cm³/mol. The third-order valence-electron chi connectivity index (χ3n) is 2.75. The largest absolute Gasteiger partial charge is 0.325 e. The molecule has 0 aromatic carbocycles. The summed E-state index contributed by atoms with van der Waals surface area (Å²) in [6.45, 7) is 5.41. The lowest BCUT2D eigenvalue weighted by Gasteiger charge is -2.21. The van der Waals surface area contributed by atoms with Gasteiger partial charge in [0.2, 0.25) is 0 Å². The Morgan fingerprint density at radius 1 is 1.44 bits per heavy atom. The molecule has 0 saturated carbocycles. The molecule has 0 radical (unpaired) electrons. The number of carbonyl (C=O) groups is 2. The Bertz CT molecular complexity index is 427. The minimum atomic E-state index is -0.893. The second kappa shape index (κ2) is 3.59. The Balaban J connectivity index is 2.40. The molecule has 1 aliphatic heterocycles. The maximum atomic E-state index is 12.2. The van der Waals surface area contributed by atoms with Crippen molar-refractivity contribution >= 4 is 23.3 Å². The van der Waals surface area contributed by atoms with Crippen LogP contribution in [0.15, 0.2) is 17.5 Å². The Hall–Kier alpha value is -1.36. The van der Waals surface area contributed by atoms with E-state index in [1.807, 2.05) is 31.4 Å². The average molecular weight is 238 g/mol. The van der Waals surface area contributed by atoms with Gasteiger partial charge in [0.1, 0.15) is 0 Å². The topological polar surface area (TPSA) is 49.4 Å². The molecule has 1 unspecified atom stereocenters. The highest BCUT2D eigenvalue weighted by Crippen LogP contribution is 2.32. The quantitative estimate of drug-likeness (QED) is 0.800. The molecule has 1 fully saturated rings. The predicted octanol–water partition coefficient (Wildman–Crippen LogP) is 1.92. The van der Waals surface area contributed by atoms with Gasteiger partial charge in [-0.25, -0.2) is 4.79 Å². The van der Waals surface area contributed by atoms with Crippen molar-refractivity contribution in [3.8, 4) is 0 Å². The van der Waals surface area contributed by atoms with Crippen LogP contribution in [0, 0.1) is 0 Å². The van der Waals surface area contributed by atoms with E-state index < -0.39 is 5.54 Å². The van der Waals surface area contributed by atoms with E-state index in [-0.39, 0.29) is 18.0 Å². The van der Waals surface area contributed by atoms with Gasteiger partial charge in [-0.1, -0.05) is 6.07 Å². The van der Waals surface area contributed by atoms with E-state index >= 15 is 0 Å². The van der Waals surface area contributed by atoms with E-state index in [1.54, 1.807) is 6.92 Å². The van der Waals surface area contributed by atoms with Gasteiger partial charge in [-0.3, -0.25) is 9.69 Å². The normalized spacial score (nSPS) is 25.4. The first-order valence-electron chi connectivity index (χ1n) is 5.16. The Morgan fingerprint density at radius 3 is 2.56 bits per heavy atom. The van der Waals surface area contributed by atoms with Crippen molar-refractivity contribution in [1.82, 2.24) is 10.2 Å². The summed E-state index contributed by atoms with van der Waals surface area (Å²) in [5.74, 6) is -0.171. The first kappa shape index (κ1) is 11.1. The molecule has 0 bridgehead atoms. The van der Waals surface area contributed by atoms with Crippen molar-refractivity contribution in [1.29, 1.82) is 0 Å². The Morgan fingerprint density at radius 2 is 2.12 bits per heavy atom. The monoisotopic (exact) mass is 238 g/mol. The molecular weight excluding hydrogens is 224 g/mol. The number of nitrogens with one attached hydrogen (secondary N) is 1. The van der Waals surface area contributed by atoms with Gasteiger partial charge in [0, 0.05) is 10.9 Å². The zero-order valence-corrected chi connectivity index (χ0v) is 10.3. The van der Waals surface area contributed by atoms with Gasteiger partial charge in [-0.2, -0.15) is 0 Å². The minimum absolute atomic E-state index is 0.116. The number of hydrogen-bond donors (Lipinski definition) is 1. The molecule has 1 N–H and O–H groups in total. The van der Waals surface area contributed by atoms with Gasteiger partial charge in [0.05, 0.1) is 0 Å². The number of nitrogens with zero attached hydrogens (tertiary/aromatic N) is 1. The fourth-order valence-corrected chi connectivity index (χ4v) is 2.69. The van der Waals surface area contributed by atoms with Crippen LogP contribution >= 0.6 is 11.3 Å². The van der Waals surface area contributed by atoms with Gasteiger partial charge >= 0.3 is 6.03 Å². The first-order valence-corrected chi connectivity index (χ1v) is 6.04. The van der Waals surface area contributed by atoms with E-state index in [1.165, 1.54) is 16.2 Å². The first-order chi connectivity index (χ1) is 7.47. The molecule has 86 valence electrons. The molecule has 1 aromatic rings. The molecule has 1 aromatic heterocycles. The van der Waals surface area contributed by atoms with E-state index in [0.29, 0.717) is 0 Å². The van der Waals surface area contributed by atoms with Gasteiger partial charge in [0.25, 0.3) is 5.91 Å². The Labute approximate surface area is 98.3 Å². The second-order valence-electron chi connectivity index (χ2n) is 4.30. The van der Waals surface area contributed by atoms with E-state index in [9.17, 15) is 9.59 Å². The molecule has 16 heavy (non-hydrogen) atoms. The lowest BCUT2D eigenvalue weighted by molar-refractivity contribution is -0.132. The number of urea groups is 1. The van der Waals surface area contributed by atoms with Gasteiger partial charge in [-0.05, 0) is 32.2 Å². The number of carbonyl (C=O) groups excluding carboxylic acids is 2. The fraction of sp³-hybridized carbons (Fsp3) is 0.455. The molecule has 2 heterocycles. The molecule has 4 nitrogen and oxygen atoms in total. The van der Waals surface area contributed by atoms with Crippen LogP contribution in [-0.4, -0.2) is 22.9 Å². The zero-order valence-electron chi connectivity index (χ0n) is 9.48. The van der Waals surface area contributed by atoms with Crippen molar-refractivity contribution < 1.29 is 9.59 Å². The second-order valence-corrected chi connectivity index (χ2v) is 5.25. The summed E-state index contributed by atoms with van der Waals surface area (Å²) in [4.78, 5) is 26.1. The summed E-state index contributed by atoms with van der Waals surface area (Å²) in [5.41, 5.74) is -0.893. The number of thiophene rings is 1. The number of hydrogen-bond acceptors (Lipinski definition) is 3. The van der Waals surface area contributed by atoms with Crippen LogP contribution in [0.1, 0.15) is 25.6 Å². The highest BCUT2D eigenvalue weighted by Gasteiger charge is 2.50. The highest BCUT2D eigenvalue weighted by atomic mass is 32.1. The summed E-state index contributed by atoms with van der Waals surface area (Å²) in [7, 11) is 0. The van der Waals surface area contributed by atoms with Crippen molar-refractivity contribution in [3.63, 3.8) is 0 Å². The van der Waals surface area contributed by atoms with Crippen LogP contribution in [0.2, 0.25) is 0 Å². The molecule has 2 rings (SSSR count).